The lowest BCUT2D eigenvalue weighted by Gasteiger charge is -2.25. The molecule has 0 aliphatic carbocycles. The van der Waals surface area contributed by atoms with Crippen molar-refractivity contribution in [2.24, 2.45) is 0 Å². The molecule has 1 aromatic carbocycles. The van der Waals surface area contributed by atoms with E-state index in [1.54, 1.807) is 34.9 Å². The monoisotopic (exact) mass is 409 g/mol. The summed E-state index contributed by atoms with van der Waals surface area (Å²) in [6.45, 7) is 5.35. The smallest absolute Gasteiger partial charge is 0.408 e. The molecule has 0 spiro atoms. The molecule has 1 atom stereocenters. The van der Waals surface area contributed by atoms with E-state index in [2.05, 4.69) is 26.2 Å². The van der Waals surface area contributed by atoms with Gasteiger partial charge < -0.3 is 19.9 Å². The first-order chi connectivity index (χ1) is 11.6. The lowest BCUT2D eigenvalue weighted by molar-refractivity contribution is -0.130. The second-order valence-corrected chi connectivity index (χ2v) is 8.06. The molecule has 2 rings (SSSR count). The molecule has 1 heterocycles. The van der Waals surface area contributed by atoms with E-state index in [1.807, 2.05) is 24.4 Å². The molecule has 0 unspecified atom stereocenters. The zero-order valence-electron chi connectivity index (χ0n) is 15.1. The van der Waals surface area contributed by atoms with Crippen LogP contribution in [0.5, 0.6) is 0 Å². The van der Waals surface area contributed by atoms with Crippen LogP contribution in [0.2, 0.25) is 0 Å². The highest BCUT2D eigenvalue weighted by molar-refractivity contribution is 9.10. The van der Waals surface area contributed by atoms with Crippen molar-refractivity contribution in [3.05, 3.63) is 34.4 Å². The summed E-state index contributed by atoms with van der Waals surface area (Å²) >= 11 is 3.46. The summed E-state index contributed by atoms with van der Waals surface area (Å²) in [5, 5.41) is 3.71. The molecule has 7 heteroatoms. The Kier molecular flexibility index (Phi) is 5.77. The third kappa shape index (κ3) is 5.22. The molecule has 0 saturated heterocycles. The SMILES string of the molecule is CN(C)C(=O)[C@@H](Cc1c[nH]c2ccc(Br)cc12)NC(=O)OC(C)(C)C. The number of likely N-dealkylation sites (N-methyl/N-ethyl adjacent to an activating group) is 1. The molecule has 2 N–H and O–H groups in total. The van der Waals surface area contributed by atoms with E-state index >= 15 is 0 Å². The highest BCUT2D eigenvalue weighted by atomic mass is 79.9. The maximum absolute atomic E-state index is 12.5. The number of ether oxygens (including phenoxy) is 1. The number of hydrogen-bond donors (Lipinski definition) is 2. The van der Waals surface area contributed by atoms with Gasteiger partial charge in [-0.05, 0) is 44.5 Å². The second kappa shape index (κ2) is 7.47. The predicted molar refractivity (Wildman–Crippen MR) is 102 cm³/mol. The molecule has 2 aromatic rings. The summed E-state index contributed by atoms with van der Waals surface area (Å²) in [6.07, 6.45) is 1.63. The van der Waals surface area contributed by atoms with Gasteiger partial charge in [-0.3, -0.25) is 4.79 Å². The largest absolute Gasteiger partial charge is 0.444 e. The van der Waals surface area contributed by atoms with Crippen LogP contribution in [-0.4, -0.2) is 47.6 Å². The Morgan fingerprint density at radius 3 is 2.60 bits per heavy atom. The average Bonchev–Trinajstić information content (AvgIpc) is 2.86. The van der Waals surface area contributed by atoms with Gasteiger partial charge in [-0.1, -0.05) is 15.9 Å². The fraction of sp³-hybridized carbons (Fsp3) is 0.444. The minimum Gasteiger partial charge on any atom is -0.444 e. The van der Waals surface area contributed by atoms with Gasteiger partial charge in [0, 0.05) is 42.1 Å². The number of carbonyl (C=O) groups is 2. The van der Waals surface area contributed by atoms with Gasteiger partial charge in [-0.15, -0.1) is 0 Å². The standard InChI is InChI=1S/C18H24BrN3O3/c1-18(2,3)25-17(24)21-15(16(23)22(4)5)8-11-10-20-14-7-6-12(19)9-13(11)14/h6-7,9-10,15,20H,8H2,1-5H3,(H,21,24)/t15-/m1/s1. The maximum atomic E-state index is 12.5. The first-order valence-corrected chi connectivity index (χ1v) is 8.82. The number of carbonyl (C=O) groups excluding carboxylic acids is 2. The quantitative estimate of drug-likeness (QED) is 0.811. The minimum atomic E-state index is -0.706. The van der Waals surface area contributed by atoms with Crippen LogP contribution in [-0.2, 0) is 16.0 Å². The molecule has 0 fully saturated rings. The molecule has 136 valence electrons. The molecule has 0 aliphatic heterocycles. The molecule has 6 nitrogen and oxygen atoms in total. The zero-order valence-corrected chi connectivity index (χ0v) is 16.7. The first kappa shape index (κ1) is 19.3. The molecule has 0 aliphatic rings. The van der Waals surface area contributed by atoms with E-state index < -0.39 is 17.7 Å². The first-order valence-electron chi connectivity index (χ1n) is 8.03. The molecular weight excluding hydrogens is 386 g/mol. The Morgan fingerprint density at radius 1 is 1.32 bits per heavy atom. The molecule has 25 heavy (non-hydrogen) atoms. The van der Waals surface area contributed by atoms with Gasteiger partial charge in [0.25, 0.3) is 0 Å². The molecule has 0 radical (unpaired) electrons. The van der Waals surface area contributed by atoms with Crippen molar-refractivity contribution < 1.29 is 14.3 Å². The van der Waals surface area contributed by atoms with Crippen molar-refractivity contribution in [2.45, 2.75) is 38.8 Å². The minimum absolute atomic E-state index is 0.185. The van der Waals surface area contributed by atoms with E-state index in [1.165, 1.54) is 4.90 Å². The highest BCUT2D eigenvalue weighted by Crippen LogP contribution is 2.24. The number of hydrogen-bond acceptors (Lipinski definition) is 3. The number of aromatic nitrogens is 1. The number of nitrogens with zero attached hydrogens (tertiary/aromatic N) is 1. The van der Waals surface area contributed by atoms with Crippen LogP contribution in [0.15, 0.2) is 28.9 Å². The number of nitrogens with one attached hydrogen (secondary N) is 2. The fourth-order valence-corrected chi connectivity index (χ4v) is 2.86. The number of H-pyrrole nitrogens is 1. The summed E-state index contributed by atoms with van der Waals surface area (Å²) in [6, 6.07) is 5.20. The third-order valence-electron chi connectivity index (χ3n) is 3.58. The van der Waals surface area contributed by atoms with Crippen LogP contribution < -0.4 is 5.32 Å². The van der Waals surface area contributed by atoms with E-state index in [9.17, 15) is 9.59 Å². The average molecular weight is 410 g/mol. The maximum Gasteiger partial charge on any atom is 0.408 e. The summed E-state index contributed by atoms with van der Waals surface area (Å²) in [5.41, 5.74) is 1.31. The Bertz CT molecular complexity index is 777. The Labute approximate surface area is 156 Å². The van der Waals surface area contributed by atoms with Gasteiger partial charge in [-0.2, -0.15) is 0 Å². The van der Waals surface area contributed by atoms with E-state index in [0.29, 0.717) is 6.42 Å². The van der Waals surface area contributed by atoms with E-state index in [-0.39, 0.29) is 5.91 Å². The highest BCUT2D eigenvalue weighted by Gasteiger charge is 2.26. The molecule has 0 saturated carbocycles. The number of aromatic amines is 1. The van der Waals surface area contributed by atoms with Crippen LogP contribution in [0.4, 0.5) is 4.79 Å². The van der Waals surface area contributed by atoms with Crippen LogP contribution in [0.25, 0.3) is 10.9 Å². The van der Waals surface area contributed by atoms with Crippen LogP contribution in [0, 0.1) is 0 Å². The summed E-state index contributed by atoms with van der Waals surface area (Å²) in [5.74, 6) is -0.185. The van der Waals surface area contributed by atoms with Crippen molar-refractivity contribution in [1.82, 2.24) is 15.2 Å². The lowest BCUT2D eigenvalue weighted by Crippen LogP contribution is -2.48. The van der Waals surface area contributed by atoms with E-state index in [0.717, 1.165) is 20.9 Å². The normalized spacial score (nSPS) is 12.7. The molecule has 2 amide bonds. The number of rotatable bonds is 4. The van der Waals surface area contributed by atoms with Gasteiger partial charge in [0.1, 0.15) is 11.6 Å². The van der Waals surface area contributed by atoms with Crippen LogP contribution in [0.1, 0.15) is 26.3 Å². The van der Waals surface area contributed by atoms with Crippen molar-refractivity contribution in [3.8, 4) is 0 Å². The molecular formula is C18H24BrN3O3. The van der Waals surface area contributed by atoms with Crippen molar-refractivity contribution >= 4 is 38.8 Å². The lowest BCUT2D eigenvalue weighted by atomic mass is 10.0. The van der Waals surface area contributed by atoms with Gasteiger partial charge in [0.05, 0.1) is 0 Å². The zero-order chi connectivity index (χ0) is 18.8. The Balaban J connectivity index is 2.24. The van der Waals surface area contributed by atoms with Crippen molar-refractivity contribution in [3.63, 3.8) is 0 Å². The number of benzene rings is 1. The number of amides is 2. The Hall–Kier alpha value is -2.02. The number of alkyl carbamates (subject to hydrolysis) is 1. The van der Waals surface area contributed by atoms with Gasteiger partial charge in [-0.25, -0.2) is 4.79 Å². The fourth-order valence-electron chi connectivity index (χ4n) is 2.50. The van der Waals surface area contributed by atoms with Gasteiger partial charge >= 0.3 is 6.09 Å². The summed E-state index contributed by atoms with van der Waals surface area (Å²) < 4.78 is 6.24. The van der Waals surface area contributed by atoms with Gasteiger partial charge in [0.2, 0.25) is 5.91 Å². The topological polar surface area (TPSA) is 74.4 Å². The molecule has 1 aromatic heterocycles. The summed E-state index contributed by atoms with van der Waals surface area (Å²) in [4.78, 5) is 29.3. The van der Waals surface area contributed by atoms with Crippen molar-refractivity contribution in [2.75, 3.05) is 14.1 Å². The van der Waals surface area contributed by atoms with Crippen LogP contribution in [0.3, 0.4) is 0 Å². The Morgan fingerprint density at radius 2 is 2.00 bits per heavy atom. The third-order valence-corrected chi connectivity index (χ3v) is 4.08. The van der Waals surface area contributed by atoms with Gasteiger partial charge in [0.15, 0.2) is 0 Å². The molecule has 0 bridgehead atoms. The van der Waals surface area contributed by atoms with Crippen LogP contribution >= 0.6 is 15.9 Å². The predicted octanol–water partition coefficient (Wildman–Crippen LogP) is 3.45. The van der Waals surface area contributed by atoms with Crippen molar-refractivity contribution in [1.29, 1.82) is 0 Å². The van der Waals surface area contributed by atoms with E-state index in [4.69, 9.17) is 4.74 Å². The number of halogens is 1. The second-order valence-electron chi connectivity index (χ2n) is 7.14. The number of fused-ring (bicyclic) bond motifs is 1. The summed E-state index contributed by atoms with van der Waals surface area (Å²) in [7, 11) is 3.33.